The maximum atomic E-state index is 12.4. The van der Waals surface area contributed by atoms with Crippen LogP contribution in [0.15, 0.2) is 24.3 Å². The van der Waals surface area contributed by atoms with Crippen LogP contribution < -0.4 is 0 Å². The summed E-state index contributed by atoms with van der Waals surface area (Å²) in [4.78, 5) is 5.56. The molecule has 2 aromatic rings. The lowest BCUT2D eigenvalue weighted by Gasteiger charge is -2.15. The van der Waals surface area contributed by atoms with E-state index in [1.54, 1.807) is 4.31 Å². The van der Waals surface area contributed by atoms with E-state index in [9.17, 15) is 8.42 Å². The lowest BCUT2D eigenvalue weighted by molar-refractivity contribution is 0.412. The van der Waals surface area contributed by atoms with Crippen molar-refractivity contribution in [1.29, 1.82) is 0 Å². The Balaban J connectivity index is 1.77. The highest BCUT2D eigenvalue weighted by molar-refractivity contribution is 7.88. The summed E-state index contributed by atoms with van der Waals surface area (Å²) >= 11 is 0. The van der Waals surface area contributed by atoms with Gasteiger partial charge in [-0.1, -0.05) is 6.07 Å². The fraction of sp³-hybridized carbons (Fsp3) is 0.529. The predicted molar refractivity (Wildman–Crippen MR) is 94.0 cm³/mol. The van der Waals surface area contributed by atoms with E-state index in [2.05, 4.69) is 30.0 Å². The summed E-state index contributed by atoms with van der Waals surface area (Å²) < 4.78 is 26.5. The minimum atomic E-state index is -3.18. The highest BCUT2D eigenvalue weighted by Gasteiger charge is 2.25. The Hall–Kier alpha value is -1.37. The predicted octanol–water partition coefficient (Wildman–Crippen LogP) is 2.20. The van der Waals surface area contributed by atoms with Crippen molar-refractivity contribution in [3.05, 3.63) is 35.5 Å². The van der Waals surface area contributed by atoms with E-state index in [1.807, 2.05) is 18.2 Å². The quantitative estimate of drug-likeness (QED) is 0.880. The van der Waals surface area contributed by atoms with Crippen molar-refractivity contribution in [2.45, 2.75) is 25.0 Å². The van der Waals surface area contributed by atoms with Crippen molar-refractivity contribution in [2.75, 3.05) is 33.7 Å². The number of likely N-dealkylation sites (N-methyl/N-ethyl adjacent to an activating group) is 1. The van der Waals surface area contributed by atoms with Gasteiger partial charge in [-0.15, -0.1) is 0 Å². The van der Waals surface area contributed by atoms with Gasteiger partial charge in [0.1, 0.15) is 0 Å². The van der Waals surface area contributed by atoms with Gasteiger partial charge in [-0.3, -0.25) is 0 Å². The Kier molecular flexibility index (Phi) is 4.75. The first kappa shape index (κ1) is 16.5. The molecule has 1 aromatic carbocycles. The van der Waals surface area contributed by atoms with E-state index >= 15 is 0 Å². The number of H-pyrrole nitrogens is 1. The molecule has 1 aliphatic heterocycles. The minimum absolute atomic E-state index is 0.0984. The van der Waals surface area contributed by atoms with Gasteiger partial charge in [0, 0.05) is 37.3 Å². The Bertz CT molecular complexity index is 774. The molecule has 2 heterocycles. The van der Waals surface area contributed by atoms with Gasteiger partial charge in [-0.2, -0.15) is 0 Å². The summed E-state index contributed by atoms with van der Waals surface area (Å²) in [5, 5.41) is 1.09. The van der Waals surface area contributed by atoms with Crippen LogP contribution in [0.2, 0.25) is 0 Å². The number of benzene rings is 1. The van der Waals surface area contributed by atoms with E-state index in [0.717, 1.165) is 42.3 Å². The number of nitrogens with one attached hydrogen (secondary N) is 1. The third kappa shape index (κ3) is 3.94. The largest absolute Gasteiger partial charge is 0.358 e. The molecule has 0 saturated carbocycles. The van der Waals surface area contributed by atoms with Crippen LogP contribution in [0.3, 0.4) is 0 Å². The first-order valence-corrected chi connectivity index (χ1v) is 9.78. The van der Waals surface area contributed by atoms with Gasteiger partial charge in [-0.05, 0) is 56.1 Å². The monoisotopic (exact) mass is 335 g/mol. The minimum Gasteiger partial charge on any atom is -0.358 e. The second-order valence-electron chi connectivity index (χ2n) is 6.63. The van der Waals surface area contributed by atoms with Crippen LogP contribution in [0.25, 0.3) is 10.9 Å². The number of hydrogen-bond acceptors (Lipinski definition) is 3. The summed E-state index contributed by atoms with van der Waals surface area (Å²) in [5.74, 6) is 0.0984. The van der Waals surface area contributed by atoms with Crippen LogP contribution in [0, 0.1) is 0 Å². The Morgan fingerprint density at radius 1 is 1.17 bits per heavy atom. The number of sulfonamides is 1. The van der Waals surface area contributed by atoms with E-state index in [4.69, 9.17) is 0 Å². The molecule has 0 spiro atoms. The molecule has 1 saturated heterocycles. The van der Waals surface area contributed by atoms with Crippen LogP contribution in [-0.4, -0.2) is 56.3 Å². The molecule has 3 rings (SSSR count). The molecule has 1 aliphatic rings. The first-order valence-electron chi connectivity index (χ1n) is 8.17. The topological polar surface area (TPSA) is 56.4 Å². The molecule has 0 atom stereocenters. The second-order valence-corrected chi connectivity index (χ2v) is 8.60. The fourth-order valence-electron chi connectivity index (χ4n) is 3.08. The van der Waals surface area contributed by atoms with Crippen molar-refractivity contribution in [2.24, 2.45) is 0 Å². The molecule has 6 heteroatoms. The number of aromatic nitrogens is 1. The fourth-order valence-corrected chi connectivity index (χ4v) is 4.68. The van der Waals surface area contributed by atoms with Gasteiger partial charge < -0.3 is 9.88 Å². The second kappa shape index (κ2) is 6.63. The van der Waals surface area contributed by atoms with Crippen LogP contribution in [0.4, 0.5) is 0 Å². The molecule has 0 bridgehead atoms. The van der Waals surface area contributed by atoms with Crippen molar-refractivity contribution >= 4 is 20.9 Å². The maximum absolute atomic E-state index is 12.4. The van der Waals surface area contributed by atoms with Crippen molar-refractivity contribution in [1.82, 2.24) is 14.2 Å². The van der Waals surface area contributed by atoms with Crippen molar-refractivity contribution in [3.63, 3.8) is 0 Å². The highest BCUT2D eigenvalue weighted by atomic mass is 32.2. The van der Waals surface area contributed by atoms with Crippen LogP contribution in [-0.2, 0) is 22.2 Å². The molecule has 0 aliphatic carbocycles. The van der Waals surface area contributed by atoms with E-state index in [1.165, 1.54) is 5.69 Å². The van der Waals surface area contributed by atoms with Gasteiger partial charge in [0.2, 0.25) is 10.0 Å². The molecule has 1 fully saturated rings. The van der Waals surface area contributed by atoms with E-state index in [0.29, 0.717) is 13.1 Å². The van der Waals surface area contributed by atoms with Crippen molar-refractivity contribution < 1.29 is 8.42 Å². The Labute approximate surface area is 138 Å². The molecular formula is C17H25N3O2S. The molecular weight excluding hydrogens is 310 g/mol. The van der Waals surface area contributed by atoms with E-state index < -0.39 is 10.0 Å². The smallest absolute Gasteiger partial charge is 0.218 e. The summed E-state index contributed by atoms with van der Waals surface area (Å²) in [6, 6.07) is 8.04. The average molecular weight is 335 g/mol. The summed E-state index contributed by atoms with van der Waals surface area (Å²) in [6.07, 6.45) is 2.92. The summed E-state index contributed by atoms with van der Waals surface area (Å²) in [5.41, 5.74) is 3.12. The molecule has 5 nitrogen and oxygen atoms in total. The van der Waals surface area contributed by atoms with Gasteiger partial charge in [0.25, 0.3) is 0 Å². The van der Waals surface area contributed by atoms with Gasteiger partial charge in [0.15, 0.2) is 0 Å². The molecule has 1 N–H and O–H groups in total. The zero-order chi connectivity index (χ0) is 16.4. The van der Waals surface area contributed by atoms with Crippen LogP contribution in [0.5, 0.6) is 0 Å². The lowest BCUT2D eigenvalue weighted by atomic mass is 10.2. The lowest BCUT2D eigenvalue weighted by Crippen LogP contribution is -2.29. The number of fused-ring (bicyclic) bond motifs is 1. The number of hydrogen-bond donors (Lipinski definition) is 1. The number of nitrogens with zero attached hydrogens (tertiary/aromatic N) is 2. The normalized spacial score (nSPS) is 16.7. The van der Waals surface area contributed by atoms with Gasteiger partial charge in [-0.25, -0.2) is 12.7 Å². The summed E-state index contributed by atoms with van der Waals surface area (Å²) in [7, 11) is 0.939. The number of aromatic amines is 1. The highest BCUT2D eigenvalue weighted by Crippen LogP contribution is 2.21. The molecule has 23 heavy (non-hydrogen) atoms. The third-order valence-electron chi connectivity index (χ3n) is 4.38. The van der Waals surface area contributed by atoms with E-state index in [-0.39, 0.29) is 5.75 Å². The molecule has 0 unspecified atom stereocenters. The van der Waals surface area contributed by atoms with Gasteiger partial charge in [0.05, 0.1) is 5.75 Å². The summed E-state index contributed by atoms with van der Waals surface area (Å²) in [6.45, 7) is 2.33. The average Bonchev–Trinajstić information content (AvgIpc) is 3.13. The van der Waals surface area contributed by atoms with Crippen LogP contribution in [0.1, 0.15) is 24.1 Å². The van der Waals surface area contributed by atoms with Crippen molar-refractivity contribution in [3.8, 4) is 0 Å². The zero-order valence-corrected chi connectivity index (χ0v) is 14.7. The maximum Gasteiger partial charge on any atom is 0.218 e. The third-order valence-corrected chi connectivity index (χ3v) is 6.23. The molecule has 126 valence electrons. The van der Waals surface area contributed by atoms with Crippen LogP contribution >= 0.6 is 0 Å². The SMILES string of the molecule is CN(C)CCc1cc2cc(CS(=O)(=O)N3CCCC3)ccc2[nH]1. The number of rotatable bonds is 6. The first-order chi connectivity index (χ1) is 10.9. The molecule has 0 amide bonds. The molecule has 1 aromatic heterocycles. The Morgan fingerprint density at radius 3 is 2.61 bits per heavy atom. The zero-order valence-electron chi connectivity index (χ0n) is 13.9. The standard InChI is InChI=1S/C17H25N3O2S/c1-19(2)10-7-16-12-15-11-14(5-6-17(15)18-16)13-23(21,22)20-8-3-4-9-20/h5-6,11-12,18H,3-4,7-10,13H2,1-2H3. The van der Waals surface area contributed by atoms with Gasteiger partial charge >= 0.3 is 0 Å². The Morgan fingerprint density at radius 2 is 1.91 bits per heavy atom. The molecule has 0 radical (unpaired) electrons.